The maximum absolute atomic E-state index is 12.7. The Kier molecular flexibility index (Phi) is 5.07. The minimum atomic E-state index is -0.170. The van der Waals surface area contributed by atoms with Crippen LogP contribution in [-0.4, -0.2) is 66.3 Å². The smallest absolute Gasteiger partial charge is 0.256 e. The zero-order valence-electron chi connectivity index (χ0n) is 16.4. The van der Waals surface area contributed by atoms with E-state index in [1.54, 1.807) is 29.6 Å². The molecule has 1 aliphatic heterocycles. The van der Waals surface area contributed by atoms with E-state index in [9.17, 15) is 9.59 Å². The Labute approximate surface area is 167 Å². The molecule has 10 nitrogen and oxygen atoms in total. The van der Waals surface area contributed by atoms with Crippen LogP contribution in [0.1, 0.15) is 11.3 Å². The van der Waals surface area contributed by atoms with Crippen LogP contribution in [0.2, 0.25) is 0 Å². The van der Waals surface area contributed by atoms with Crippen LogP contribution in [0.5, 0.6) is 0 Å². The lowest BCUT2D eigenvalue weighted by Crippen LogP contribution is -2.50. The molecule has 1 fully saturated rings. The molecule has 0 saturated carbocycles. The van der Waals surface area contributed by atoms with Crippen LogP contribution < -0.4 is 10.5 Å². The summed E-state index contributed by atoms with van der Waals surface area (Å²) in [6.07, 6.45) is 6.48. The van der Waals surface area contributed by atoms with Crippen molar-refractivity contribution in [2.45, 2.75) is 20.4 Å². The molecule has 150 valence electrons. The summed E-state index contributed by atoms with van der Waals surface area (Å²) in [6, 6.07) is 3.72. The fourth-order valence-corrected chi connectivity index (χ4v) is 3.26. The van der Waals surface area contributed by atoms with Crippen LogP contribution in [0.25, 0.3) is 5.82 Å². The van der Waals surface area contributed by atoms with Crippen LogP contribution in [-0.2, 0) is 11.3 Å². The highest BCUT2D eigenvalue weighted by molar-refractivity contribution is 5.76. The molecular weight excluding hydrogens is 372 g/mol. The van der Waals surface area contributed by atoms with E-state index in [2.05, 4.69) is 25.0 Å². The number of nitrogens with zero attached hydrogens (tertiary/aromatic N) is 8. The average Bonchev–Trinajstić information content (AvgIpc) is 3.29. The fraction of sp³-hybridized carbons (Fsp3) is 0.368. The number of amides is 1. The van der Waals surface area contributed by atoms with Crippen molar-refractivity contribution in [3.8, 4) is 5.82 Å². The van der Waals surface area contributed by atoms with Crippen molar-refractivity contribution in [2.75, 3.05) is 31.1 Å². The van der Waals surface area contributed by atoms with E-state index in [-0.39, 0.29) is 18.0 Å². The fourth-order valence-electron chi connectivity index (χ4n) is 3.26. The van der Waals surface area contributed by atoms with Gasteiger partial charge >= 0.3 is 0 Å². The van der Waals surface area contributed by atoms with E-state index in [0.29, 0.717) is 43.3 Å². The third-order valence-electron chi connectivity index (χ3n) is 5.15. The van der Waals surface area contributed by atoms with Gasteiger partial charge in [-0.1, -0.05) is 0 Å². The van der Waals surface area contributed by atoms with Crippen LogP contribution in [0.3, 0.4) is 0 Å². The monoisotopic (exact) mass is 394 g/mol. The van der Waals surface area contributed by atoms with Gasteiger partial charge in [-0.05, 0) is 19.9 Å². The second-order valence-electron chi connectivity index (χ2n) is 6.94. The molecule has 1 saturated heterocycles. The predicted molar refractivity (Wildman–Crippen MR) is 106 cm³/mol. The molecule has 0 bridgehead atoms. The number of anilines is 1. The van der Waals surface area contributed by atoms with Crippen molar-refractivity contribution in [3.05, 3.63) is 58.8 Å². The van der Waals surface area contributed by atoms with Gasteiger partial charge in [0.2, 0.25) is 5.91 Å². The van der Waals surface area contributed by atoms with Crippen molar-refractivity contribution in [3.63, 3.8) is 0 Å². The van der Waals surface area contributed by atoms with Crippen molar-refractivity contribution < 1.29 is 4.79 Å². The molecular formula is C19H22N8O2. The zero-order valence-corrected chi connectivity index (χ0v) is 16.4. The molecule has 1 amide bonds. The van der Waals surface area contributed by atoms with E-state index in [1.165, 1.54) is 17.2 Å². The number of hydrogen-bond donors (Lipinski definition) is 0. The van der Waals surface area contributed by atoms with Gasteiger partial charge < -0.3 is 9.80 Å². The Morgan fingerprint density at radius 1 is 1.07 bits per heavy atom. The van der Waals surface area contributed by atoms with E-state index in [1.807, 2.05) is 18.3 Å². The topological polar surface area (TPSA) is 102 Å². The van der Waals surface area contributed by atoms with Gasteiger partial charge in [-0.25, -0.2) is 19.6 Å². The van der Waals surface area contributed by atoms with Crippen molar-refractivity contribution >= 4 is 11.7 Å². The Balaban J connectivity index is 1.40. The lowest BCUT2D eigenvalue weighted by Gasteiger charge is -2.35. The molecule has 0 unspecified atom stereocenters. The molecule has 0 spiro atoms. The van der Waals surface area contributed by atoms with E-state index < -0.39 is 0 Å². The number of hydrogen-bond acceptors (Lipinski definition) is 7. The molecule has 3 aromatic heterocycles. The van der Waals surface area contributed by atoms with Crippen LogP contribution in [0, 0.1) is 13.8 Å². The number of rotatable bonds is 4. The Morgan fingerprint density at radius 3 is 2.55 bits per heavy atom. The van der Waals surface area contributed by atoms with Gasteiger partial charge in [0, 0.05) is 55.9 Å². The lowest BCUT2D eigenvalue weighted by molar-refractivity contribution is -0.132. The molecule has 10 heteroatoms. The normalized spacial score (nSPS) is 14.3. The summed E-state index contributed by atoms with van der Waals surface area (Å²) in [5.41, 5.74) is 1.09. The summed E-state index contributed by atoms with van der Waals surface area (Å²) >= 11 is 0. The van der Waals surface area contributed by atoms with Gasteiger partial charge in [-0.3, -0.25) is 14.2 Å². The first-order valence-electron chi connectivity index (χ1n) is 9.40. The number of aryl methyl sites for hydroxylation is 1. The number of carbonyl (C=O) groups is 1. The van der Waals surface area contributed by atoms with E-state index in [0.717, 1.165) is 5.82 Å². The summed E-state index contributed by atoms with van der Waals surface area (Å²) < 4.78 is 3.05. The SMILES string of the molecule is Cc1ncn(CC(=O)N2CCN(c3cc(-n4cccn4)ncn3)CC2)c(=O)c1C. The molecule has 0 atom stereocenters. The number of aromatic nitrogens is 6. The van der Waals surface area contributed by atoms with Crippen LogP contribution >= 0.6 is 0 Å². The van der Waals surface area contributed by atoms with E-state index >= 15 is 0 Å². The first-order valence-corrected chi connectivity index (χ1v) is 9.40. The van der Waals surface area contributed by atoms with Crippen LogP contribution in [0.15, 0.2) is 42.0 Å². The summed E-state index contributed by atoms with van der Waals surface area (Å²) in [4.78, 5) is 41.6. The van der Waals surface area contributed by atoms with Gasteiger partial charge in [-0.15, -0.1) is 0 Å². The highest BCUT2D eigenvalue weighted by Crippen LogP contribution is 2.16. The van der Waals surface area contributed by atoms with Gasteiger partial charge in [0.1, 0.15) is 18.7 Å². The molecule has 3 aromatic rings. The molecule has 0 radical (unpaired) electrons. The molecule has 0 aromatic carbocycles. The second-order valence-corrected chi connectivity index (χ2v) is 6.94. The second kappa shape index (κ2) is 7.82. The Hall–Kier alpha value is -3.56. The maximum atomic E-state index is 12.7. The first-order chi connectivity index (χ1) is 14.0. The maximum Gasteiger partial charge on any atom is 0.256 e. The van der Waals surface area contributed by atoms with Crippen LogP contribution in [0.4, 0.5) is 5.82 Å². The summed E-state index contributed by atoms with van der Waals surface area (Å²) in [6.45, 7) is 5.95. The van der Waals surface area contributed by atoms with Gasteiger partial charge in [0.05, 0.1) is 6.33 Å². The largest absolute Gasteiger partial charge is 0.353 e. The summed E-state index contributed by atoms with van der Waals surface area (Å²) in [5.74, 6) is 1.41. The Morgan fingerprint density at radius 2 is 1.83 bits per heavy atom. The quantitative estimate of drug-likeness (QED) is 0.622. The highest BCUT2D eigenvalue weighted by Gasteiger charge is 2.23. The van der Waals surface area contributed by atoms with Crippen molar-refractivity contribution in [1.29, 1.82) is 0 Å². The van der Waals surface area contributed by atoms with Crippen molar-refractivity contribution in [2.24, 2.45) is 0 Å². The van der Waals surface area contributed by atoms with Gasteiger partial charge in [0.15, 0.2) is 5.82 Å². The molecule has 29 heavy (non-hydrogen) atoms. The lowest BCUT2D eigenvalue weighted by atomic mass is 10.2. The molecule has 4 rings (SSSR count). The minimum Gasteiger partial charge on any atom is -0.353 e. The summed E-state index contributed by atoms with van der Waals surface area (Å²) in [7, 11) is 0. The highest BCUT2D eigenvalue weighted by atomic mass is 16.2. The third kappa shape index (κ3) is 3.86. The number of piperazine rings is 1. The third-order valence-corrected chi connectivity index (χ3v) is 5.15. The first kappa shape index (κ1) is 18.8. The molecule has 0 N–H and O–H groups in total. The standard InChI is InChI=1S/C19H22N8O2/c1-14-15(2)22-13-26(19(14)29)11-18(28)25-8-6-24(7-9-25)16-10-17(21-12-20-16)27-5-3-4-23-27/h3-5,10,12-13H,6-9,11H2,1-2H3. The average molecular weight is 394 g/mol. The van der Waals surface area contributed by atoms with E-state index in [4.69, 9.17) is 0 Å². The zero-order chi connectivity index (χ0) is 20.4. The molecule has 4 heterocycles. The summed E-state index contributed by atoms with van der Waals surface area (Å²) in [5, 5.41) is 4.19. The minimum absolute atomic E-state index is 0.00388. The number of carbonyl (C=O) groups excluding carboxylic acids is 1. The van der Waals surface area contributed by atoms with Gasteiger partial charge in [0.25, 0.3) is 5.56 Å². The van der Waals surface area contributed by atoms with Crippen molar-refractivity contribution in [1.82, 2.24) is 34.2 Å². The Bertz CT molecular complexity index is 1070. The molecule has 0 aliphatic carbocycles. The molecule has 1 aliphatic rings. The van der Waals surface area contributed by atoms with Gasteiger partial charge in [-0.2, -0.15) is 5.10 Å². The predicted octanol–water partition coefficient (Wildman–Crippen LogP) is 0.185.